The van der Waals surface area contributed by atoms with Crippen LogP contribution in [0.4, 0.5) is 0 Å². The predicted molar refractivity (Wildman–Crippen MR) is 58.5 cm³/mol. The summed E-state index contributed by atoms with van der Waals surface area (Å²) in [4.78, 5) is 15.9. The third kappa shape index (κ3) is 2.30. The zero-order chi connectivity index (χ0) is 10.8. The van der Waals surface area contributed by atoms with E-state index < -0.39 is 0 Å². The molecule has 0 aromatic heterocycles. The summed E-state index contributed by atoms with van der Waals surface area (Å²) < 4.78 is 0. The number of hydrogen-bond acceptors (Lipinski definition) is 4. The van der Waals surface area contributed by atoms with Gasteiger partial charge in [-0.15, -0.1) is 0 Å². The van der Waals surface area contributed by atoms with Crippen LogP contribution in [0.5, 0.6) is 0 Å². The lowest BCUT2D eigenvalue weighted by atomic mass is 10.1. The summed E-state index contributed by atoms with van der Waals surface area (Å²) in [5, 5.41) is 3.22. The van der Waals surface area contributed by atoms with Crippen molar-refractivity contribution in [2.24, 2.45) is 5.73 Å². The average Bonchev–Trinajstić information content (AvgIpc) is 2.65. The van der Waals surface area contributed by atoms with E-state index in [0.717, 1.165) is 32.6 Å². The first-order valence-corrected chi connectivity index (χ1v) is 5.63. The van der Waals surface area contributed by atoms with E-state index in [0.29, 0.717) is 12.6 Å². The quantitative estimate of drug-likeness (QED) is 0.582. The maximum absolute atomic E-state index is 11.3. The van der Waals surface area contributed by atoms with Gasteiger partial charge in [0.2, 0.25) is 5.91 Å². The lowest BCUT2D eigenvalue weighted by molar-refractivity contribution is -0.124. The van der Waals surface area contributed by atoms with Gasteiger partial charge in [-0.1, -0.05) is 0 Å². The highest BCUT2D eigenvalue weighted by Crippen LogP contribution is 2.17. The Morgan fingerprint density at radius 1 is 1.47 bits per heavy atom. The third-order valence-electron chi connectivity index (χ3n) is 3.45. The van der Waals surface area contributed by atoms with E-state index in [1.807, 2.05) is 0 Å². The predicted octanol–water partition coefficient (Wildman–Crippen LogP) is -1.55. The van der Waals surface area contributed by atoms with Gasteiger partial charge in [-0.2, -0.15) is 0 Å². The second-order valence-electron chi connectivity index (χ2n) is 4.56. The molecule has 0 aromatic rings. The van der Waals surface area contributed by atoms with E-state index in [-0.39, 0.29) is 11.9 Å². The molecule has 5 heteroatoms. The van der Waals surface area contributed by atoms with Crippen molar-refractivity contribution in [1.29, 1.82) is 0 Å². The van der Waals surface area contributed by atoms with Crippen molar-refractivity contribution in [2.45, 2.75) is 18.5 Å². The molecule has 2 aliphatic rings. The molecule has 15 heavy (non-hydrogen) atoms. The fourth-order valence-electron chi connectivity index (χ4n) is 2.60. The number of nitrogens with two attached hydrogens (primary N) is 1. The SMILES string of the molecule is CN1CCC(N2CCNCC2C(N)=O)C1. The number of likely N-dealkylation sites (N-methyl/N-ethyl adjacent to an activating group) is 1. The normalized spacial score (nSPS) is 34.5. The second-order valence-corrected chi connectivity index (χ2v) is 4.56. The summed E-state index contributed by atoms with van der Waals surface area (Å²) in [7, 11) is 2.13. The third-order valence-corrected chi connectivity index (χ3v) is 3.45. The Bertz CT molecular complexity index is 246. The van der Waals surface area contributed by atoms with E-state index in [1.165, 1.54) is 0 Å². The molecule has 2 heterocycles. The number of hydrogen-bond donors (Lipinski definition) is 2. The molecule has 2 aliphatic heterocycles. The molecule has 2 unspecified atom stereocenters. The summed E-state index contributed by atoms with van der Waals surface area (Å²) in [6.45, 7) is 4.79. The Hall–Kier alpha value is -0.650. The molecule has 0 aliphatic carbocycles. The van der Waals surface area contributed by atoms with Crippen molar-refractivity contribution >= 4 is 5.91 Å². The Labute approximate surface area is 90.6 Å². The van der Waals surface area contributed by atoms with Gasteiger partial charge in [0.25, 0.3) is 0 Å². The number of nitrogens with one attached hydrogen (secondary N) is 1. The number of carbonyl (C=O) groups excluding carboxylic acids is 1. The van der Waals surface area contributed by atoms with Crippen LogP contribution in [-0.4, -0.2) is 67.6 Å². The Morgan fingerprint density at radius 3 is 2.87 bits per heavy atom. The number of amides is 1. The molecule has 2 saturated heterocycles. The van der Waals surface area contributed by atoms with Crippen molar-refractivity contribution in [1.82, 2.24) is 15.1 Å². The van der Waals surface area contributed by atoms with Crippen LogP contribution in [-0.2, 0) is 4.79 Å². The molecule has 3 N–H and O–H groups in total. The molecule has 0 bridgehead atoms. The molecule has 0 spiro atoms. The van der Waals surface area contributed by atoms with Crippen molar-refractivity contribution in [2.75, 3.05) is 39.8 Å². The Kier molecular flexibility index (Phi) is 3.23. The van der Waals surface area contributed by atoms with Gasteiger partial charge in [0, 0.05) is 32.2 Å². The first kappa shape index (κ1) is 10.9. The average molecular weight is 212 g/mol. The van der Waals surface area contributed by atoms with Crippen LogP contribution in [0, 0.1) is 0 Å². The molecular formula is C10H20N4O. The molecule has 5 nitrogen and oxygen atoms in total. The van der Waals surface area contributed by atoms with E-state index in [1.54, 1.807) is 0 Å². The minimum atomic E-state index is -0.197. The first-order chi connectivity index (χ1) is 7.18. The zero-order valence-electron chi connectivity index (χ0n) is 9.28. The maximum Gasteiger partial charge on any atom is 0.236 e. The number of primary amides is 1. The van der Waals surface area contributed by atoms with Gasteiger partial charge in [0.05, 0.1) is 0 Å². The summed E-state index contributed by atoms with van der Waals surface area (Å²) in [5.41, 5.74) is 5.43. The molecule has 2 rings (SSSR count). The topological polar surface area (TPSA) is 61.6 Å². The number of piperazine rings is 1. The largest absolute Gasteiger partial charge is 0.368 e. The molecule has 0 radical (unpaired) electrons. The van der Waals surface area contributed by atoms with Crippen LogP contribution in [0.25, 0.3) is 0 Å². The molecule has 0 aromatic carbocycles. The summed E-state index contributed by atoms with van der Waals surface area (Å²) in [6.07, 6.45) is 1.15. The first-order valence-electron chi connectivity index (χ1n) is 5.63. The minimum absolute atomic E-state index is 0.116. The number of rotatable bonds is 2. The highest BCUT2D eigenvalue weighted by molar-refractivity contribution is 5.80. The molecule has 2 fully saturated rings. The summed E-state index contributed by atoms with van der Waals surface area (Å²) in [5.74, 6) is -0.197. The van der Waals surface area contributed by atoms with Gasteiger partial charge < -0.3 is 16.0 Å². The van der Waals surface area contributed by atoms with E-state index in [2.05, 4.69) is 22.2 Å². The van der Waals surface area contributed by atoms with Crippen LogP contribution in [0.2, 0.25) is 0 Å². The van der Waals surface area contributed by atoms with Crippen LogP contribution >= 0.6 is 0 Å². The Balaban J connectivity index is 2.01. The van der Waals surface area contributed by atoms with Crippen LogP contribution in [0.1, 0.15) is 6.42 Å². The monoisotopic (exact) mass is 212 g/mol. The lowest BCUT2D eigenvalue weighted by Crippen LogP contribution is -2.60. The van der Waals surface area contributed by atoms with Crippen LogP contribution in [0.3, 0.4) is 0 Å². The number of likely N-dealkylation sites (tertiary alicyclic amines) is 1. The summed E-state index contributed by atoms with van der Waals surface area (Å²) in [6, 6.07) is 0.393. The highest BCUT2D eigenvalue weighted by Gasteiger charge is 2.34. The molecule has 86 valence electrons. The van der Waals surface area contributed by atoms with Crippen molar-refractivity contribution in [3.63, 3.8) is 0 Å². The van der Waals surface area contributed by atoms with Gasteiger partial charge in [-0.25, -0.2) is 0 Å². The fourth-order valence-corrected chi connectivity index (χ4v) is 2.60. The van der Waals surface area contributed by atoms with Gasteiger partial charge in [0.15, 0.2) is 0 Å². The zero-order valence-corrected chi connectivity index (χ0v) is 9.28. The standard InChI is InChI=1S/C10H20N4O/c1-13-4-2-8(7-13)14-5-3-12-6-9(14)10(11)15/h8-9,12H,2-7H2,1H3,(H2,11,15). The van der Waals surface area contributed by atoms with Gasteiger partial charge in [-0.3, -0.25) is 9.69 Å². The van der Waals surface area contributed by atoms with E-state index in [4.69, 9.17) is 5.73 Å². The van der Waals surface area contributed by atoms with Gasteiger partial charge in [-0.05, 0) is 20.0 Å². The Morgan fingerprint density at radius 2 is 2.27 bits per heavy atom. The van der Waals surface area contributed by atoms with E-state index >= 15 is 0 Å². The maximum atomic E-state index is 11.3. The lowest BCUT2D eigenvalue weighted by Gasteiger charge is -2.38. The summed E-state index contributed by atoms with van der Waals surface area (Å²) >= 11 is 0. The molecule has 1 amide bonds. The van der Waals surface area contributed by atoms with Crippen molar-refractivity contribution < 1.29 is 4.79 Å². The van der Waals surface area contributed by atoms with E-state index in [9.17, 15) is 4.79 Å². The molecule has 2 atom stereocenters. The number of carbonyl (C=O) groups is 1. The van der Waals surface area contributed by atoms with Crippen LogP contribution in [0.15, 0.2) is 0 Å². The number of nitrogens with zero attached hydrogens (tertiary/aromatic N) is 2. The molecule has 0 saturated carbocycles. The van der Waals surface area contributed by atoms with Gasteiger partial charge >= 0.3 is 0 Å². The van der Waals surface area contributed by atoms with Gasteiger partial charge in [0.1, 0.15) is 6.04 Å². The van der Waals surface area contributed by atoms with Crippen LogP contribution < -0.4 is 11.1 Å². The fraction of sp³-hybridized carbons (Fsp3) is 0.900. The highest BCUT2D eigenvalue weighted by atomic mass is 16.1. The van der Waals surface area contributed by atoms with Crippen molar-refractivity contribution in [3.05, 3.63) is 0 Å². The smallest absolute Gasteiger partial charge is 0.236 e. The van der Waals surface area contributed by atoms with Crippen molar-refractivity contribution in [3.8, 4) is 0 Å². The molecular weight excluding hydrogens is 192 g/mol. The second kappa shape index (κ2) is 4.47. The minimum Gasteiger partial charge on any atom is -0.368 e.